The Labute approximate surface area is 180 Å². The molecule has 1 aromatic heterocycles. The summed E-state index contributed by atoms with van der Waals surface area (Å²) in [6.07, 6.45) is -1.82. The van der Waals surface area contributed by atoms with Gasteiger partial charge in [-0.3, -0.25) is 4.90 Å². The molecule has 0 amide bonds. The first kappa shape index (κ1) is 21.8. The van der Waals surface area contributed by atoms with Crippen LogP contribution in [0.5, 0.6) is 11.5 Å². The van der Waals surface area contributed by atoms with Crippen LogP contribution < -0.4 is 14.8 Å². The minimum Gasteiger partial charge on any atom is -0.493 e. The van der Waals surface area contributed by atoms with E-state index in [1.807, 2.05) is 25.1 Å². The van der Waals surface area contributed by atoms with Crippen LogP contribution in [0, 0.1) is 0 Å². The number of fused-ring (bicyclic) bond motifs is 1. The first-order valence-electron chi connectivity index (χ1n) is 10.7. The van der Waals surface area contributed by atoms with Crippen LogP contribution in [0.2, 0.25) is 0 Å². The number of rotatable bonds is 6. The van der Waals surface area contributed by atoms with Crippen molar-refractivity contribution in [2.45, 2.75) is 63.5 Å². The van der Waals surface area contributed by atoms with Crippen LogP contribution in [0.1, 0.15) is 55.9 Å². The molecule has 9 heteroatoms. The van der Waals surface area contributed by atoms with Crippen molar-refractivity contribution in [1.29, 1.82) is 0 Å². The second kappa shape index (κ2) is 8.61. The van der Waals surface area contributed by atoms with Crippen LogP contribution in [0.3, 0.4) is 0 Å². The van der Waals surface area contributed by atoms with Gasteiger partial charge in [-0.2, -0.15) is 18.3 Å². The molecule has 4 rings (SSSR count). The number of likely N-dealkylation sites (tertiary alicyclic amines) is 1. The maximum atomic E-state index is 13.7. The van der Waals surface area contributed by atoms with Gasteiger partial charge in [0.1, 0.15) is 5.82 Å². The summed E-state index contributed by atoms with van der Waals surface area (Å²) in [6.45, 7) is 3.44. The Morgan fingerprint density at radius 3 is 2.61 bits per heavy atom. The van der Waals surface area contributed by atoms with Crippen LogP contribution in [0.25, 0.3) is 0 Å². The first-order chi connectivity index (χ1) is 14.8. The summed E-state index contributed by atoms with van der Waals surface area (Å²) in [5, 5.41) is 7.69. The number of nitrogens with one attached hydrogen (secondary N) is 1. The van der Waals surface area contributed by atoms with Crippen molar-refractivity contribution in [2.75, 3.05) is 26.1 Å². The van der Waals surface area contributed by atoms with Gasteiger partial charge in [-0.1, -0.05) is 13.0 Å². The summed E-state index contributed by atoms with van der Waals surface area (Å²) in [5.41, 5.74) is 1.76. The first-order valence-corrected chi connectivity index (χ1v) is 10.7. The van der Waals surface area contributed by atoms with Gasteiger partial charge in [-0.25, -0.2) is 4.68 Å². The molecule has 1 aromatic carbocycles. The van der Waals surface area contributed by atoms with Gasteiger partial charge in [0.05, 0.1) is 26.0 Å². The molecule has 31 heavy (non-hydrogen) atoms. The Kier molecular flexibility index (Phi) is 6.05. The van der Waals surface area contributed by atoms with E-state index in [1.54, 1.807) is 20.3 Å². The van der Waals surface area contributed by atoms with E-state index in [9.17, 15) is 13.2 Å². The third kappa shape index (κ3) is 4.33. The Morgan fingerprint density at radius 1 is 1.16 bits per heavy atom. The van der Waals surface area contributed by atoms with Crippen LogP contribution in [0.15, 0.2) is 24.3 Å². The fourth-order valence-corrected chi connectivity index (χ4v) is 4.66. The van der Waals surface area contributed by atoms with Gasteiger partial charge in [0.15, 0.2) is 17.5 Å². The van der Waals surface area contributed by atoms with Gasteiger partial charge < -0.3 is 14.8 Å². The topological polar surface area (TPSA) is 51.6 Å². The maximum Gasteiger partial charge on any atom is 0.410 e. The number of benzene rings is 1. The second-order valence-electron chi connectivity index (χ2n) is 8.26. The van der Waals surface area contributed by atoms with Gasteiger partial charge in [0.25, 0.3) is 0 Å². The zero-order valence-electron chi connectivity index (χ0n) is 18.1. The van der Waals surface area contributed by atoms with Crippen LogP contribution in [-0.4, -0.2) is 47.7 Å². The molecule has 1 N–H and O–H groups in total. The standard InChI is InChI=1S/C22H29F3N4O2/c1-4-15-11-20(22(23,24)25)29-21(26-15)12-16(27-29)17-6-5-9-28(17)13-14-7-8-18(30-2)19(10-14)31-3/h7-8,10,12,15,17,20,26H,4-6,9,11,13H2,1-3H3/t15-,17+,20-/m1/s1. The minimum atomic E-state index is -4.32. The van der Waals surface area contributed by atoms with E-state index in [0.717, 1.165) is 29.6 Å². The molecule has 1 fully saturated rings. The van der Waals surface area contributed by atoms with Gasteiger partial charge in [-0.15, -0.1) is 0 Å². The molecule has 170 valence electrons. The number of halogens is 3. The zero-order valence-corrected chi connectivity index (χ0v) is 18.1. The third-order valence-corrected chi connectivity index (χ3v) is 6.32. The molecular formula is C22H29F3N4O2. The van der Waals surface area contributed by atoms with Crippen molar-refractivity contribution >= 4 is 5.82 Å². The lowest BCUT2D eigenvalue weighted by atomic mass is 10.0. The predicted molar refractivity (Wildman–Crippen MR) is 112 cm³/mol. The largest absolute Gasteiger partial charge is 0.493 e. The molecule has 3 heterocycles. The Morgan fingerprint density at radius 2 is 1.94 bits per heavy atom. The highest BCUT2D eigenvalue weighted by Crippen LogP contribution is 2.42. The highest BCUT2D eigenvalue weighted by atomic mass is 19.4. The van der Waals surface area contributed by atoms with Crippen molar-refractivity contribution in [2.24, 2.45) is 0 Å². The average Bonchev–Trinajstić information content (AvgIpc) is 3.38. The maximum absolute atomic E-state index is 13.7. The smallest absolute Gasteiger partial charge is 0.410 e. The summed E-state index contributed by atoms with van der Waals surface area (Å²) in [5.74, 6) is 1.80. The number of hydrogen-bond donors (Lipinski definition) is 1. The van der Waals surface area contributed by atoms with Crippen LogP contribution in [0.4, 0.5) is 19.0 Å². The normalized spacial score (nSPS) is 24.0. The quantitative estimate of drug-likeness (QED) is 0.693. The van der Waals surface area contributed by atoms with Gasteiger partial charge in [0, 0.05) is 18.7 Å². The Balaban J connectivity index is 1.58. The molecule has 0 bridgehead atoms. The van der Waals surface area contributed by atoms with Crippen molar-refractivity contribution in [3.8, 4) is 11.5 Å². The molecule has 3 atom stereocenters. The summed E-state index contributed by atoms with van der Waals surface area (Å²) >= 11 is 0. The van der Waals surface area contributed by atoms with E-state index in [1.165, 1.54) is 0 Å². The van der Waals surface area contributed by atoms with Gasteiger partial charge >= 0.3 is 6.18 Å². The summed E-state index contributed by atoms with van der Waals surface area (Å²) in [7, 11) is 3.20. The highest BCUT2D eigenvalue weighted by molar-refractivity contribution is 5.44. The molecule has 1 saturated heterocycles. The highest BCUT2D eigenvalue weighted by Gasteiger charge is 2.46. The second-order valence-corrected chi connectivity index (χ2v) is 8.26. The minimum absolute atomic E-state index is 0.00808. The number of anilines is 1. The average molecular weight is 438 g/mol. The van der Waals surface area contributed by atoms with E-state index in [-0.39, 0.29) is 18.5 Å². The number of nitrogens with zero attached hydrogens (tertiary/aromatic N) is 3. The fraction of sp³-hybridized carbons (Fsp3) is 0.591. The summed E-state index contributed by atoms with van der Waals surface area (Å²) < 4.78 is 52.9. The van der Waals surface area contributed by atoms with E-state index >= 15 is 0 Å². The lowest BCUT2D eigenvalue weighted by Gasteiger charge is -2.32. The van der Waals surface area contributed by atoms with E-state index in [0.29, 0.717) is 36.0 Å². The zero-order chi connectivity index (χ0) is 22.2. The molecular weight excluding hydrogens is 409 g/mol. The molecule has 2 aromatic rings. The Hall–Kier alpha value is -2.42. The van der Waals surface area contributed by atoms with Gasteiger partial charge in [-0.05, 0) is 49.9 Å². The SMILES string of the molecule is CC[C@@H]1C[C@H](C(F)(F)F)n2nc([C@@H]3CCCN3Cc3ccc(OC)c(OC)c3)cc2N1. The van der Waals surface area contributed by atoms with Crippen molar-refractivity contribution in [3.63, 3.8) is 0 Å². The number of alkyl halides is 3. The molecule has 0 aliphatic carbocycles. The monoisotopic (exact) mass is 438 g/mol. The molecule has 0 spiro atoms. The number of hydrogen-bond acceptors (Lipinski definition) is 5. The fourth-order valence-electron chi connectivity index (χ4n) is 4.66. The molecule has 6 nitrogen and oxygen atoms in total. The van der Waals surface area contributed by atoms with E-state index < -0.39 is 12.2 Å². The third-order valence-electron chi connectivity index (χ3n) is 6.32. The van der Waals surface area contributed by atoms with Crippen LogP contribution >= 0.6 is 0 Å². The molecule has 0 unspecified atom stereocenters. The van der Waals surface area contributed by atoms with E-state index in [4.69, 9.17) is 9.47 Å². The lowest BCUT2D eigenvalue weighted by Crippen LogP contribution is -2.38. The van der Waals surface area contributed by atoms with Crippen molar-refractivity contribution in [3.05, 3.63) is 35.5 Å². The van der Waals surface area contributed by atoms with Crippen molar-refractivity contribution in [1.82, 2.24) is 14.7 Å². The molecule has 2 aliphatic heterocycles. The van der Waals surface area contributed by atoms with Crippen LogP contribution in [-0.2, 0) is 6.54 Å². The van der Waals surface area contributed by atoms with Crippen molar-refractivity contribution < 1.29 is 22.6 Å². The van der Waals surface area contributed by atoms with Gasteiger partial charge in [0.2, 0.25) is 0 Å². The number of aromatic nitrogens is 2. The predicted octanol–water partition coefficient (Wildman–Crippen LogP) is 4.94. The summed E-state index contributed by atoms with van der Waals surface area (Å²) in [4.78, 5) is 2.27. The molecule has 2 aliphatic rings. The number of ether oxygens (including phenoxy) is 2. The summed E-state index contributed by atoms with van der Waals surface area (Å²) in [6, 6.07) is 5.82. The molecule has 0 saturated carbocycles. The lowest BCUT2D eigenvalue weighted by molar-refractivity contribution is -0.173. The Bertz CT molecular complexity index is 915. The molecule has 0 radical (unpaired) electrons. The number of methoxy groups -OCH3 is 2. The van der Waals surface area contributed by atoms with E-state index in [2.05, 4.69) is 15.3 Å².